The zero-order valence-electron chi connectivity index (χ0n) is 13.8. The Morgan fingerprint density at radius 2 is 2.04 bits per heavy atom. The third kappa shape index (κ3) is 5.21. The number of nitrogens with two attached hydrogens (primary N) is 1. The van der Waals surface area contributed by atoms with Crippen LogP contribution < -0.4 is 11.1 Å². The lowest BCUT2D eigenvalue weighted by Gasteiger charge is -2.18. The average Bonchev–Trinajstić information content (AvgIpc) is 2.94. The van der Waals surface area contributed by atoms with Crippen LogP contribution in [-0.2, 0) is 17.5 Å². The molecular formula is C17H24F3N3O. The monoisotopic (exact) mass is 343 g/mol. The van der Waals surface area contributed by atoms with E-state index in [9.17, 15) is 18.0 Å². The highest BCUT2D eigenvalue weighted by molar-refractivity contribution is 5.81. The van der Waals surface area contributed by atoms with E-state index in [2.05, 4.69) is 10.2 Å². The van der Waals surface area contributed by atoms with Crippen molar-refractivity contribution in [1.29, 1.82) is 0 Å². The smallest absolute Gasteiger partial charge is 0.351 e. The molecule has 3 N–H and O–H groups in total. The number of hydrogen-bond donors (Lipinski definition) is 2. The van der Waals surface area contributed by atoms with E-state index >= 15 is 0 Å². The predicted molar refractivity (Wildman–Crippen MR) is 86.2 cm³/mol. The van der Waals surface area contributed by atoms with Gasteiger partial charge >= 0.3 is 6.18 Å². The highest BCUT2D eigenvalue weighted by Gasteiger charge is 2.30. The highest BCUT2D eigenvalue weighted by atomic mass is 19.4. The van der Waals surface area contributed by atoms with E-state index in [1.54, 1.807) is 0 Å². The van der Waals surface area contributed by atoms with Gasteiger partial charge in [-0.05, 0) is 30.5 Å². The lowest BCUT2D eigenvalue weighted by atomic mass is 10.1. The molecule has 1 aliphatic rings. The molecule has 7 heteroatoms. The summed E-state index contributed by atoms with van der Waals surface area (Å²) in [4.78, 5) is 14.0. The van der Waals surface area contributed by atoms with Crippen LogP contribution in [0.1, 0.15) is 37.3 Å². The van der Waals surface area contributed by atoms with Gasteiger partial charge in [-0.3, -0.25) is 9.69 Å². The molecule has 2 unspecified atom stereocenters. The van der Waals surface area contributed by atoms with Gasteiger partial charge < -0.3 is 11.1 Å². The van der Waals surface area contributed by atoms with Crippen LogP contribution in [-0.4, -0.2) is 36.0 Å². The fraction of sp³-hybridized carbons (Fsp3) is 0.588. The molecule has 0 saturated carbocycles. The Morgan fingerprint density at radius 1 is 1.38 bits per heavy atom. The summed E-state index contributed by atoms with van der Waals surface area (Å²) in [6.45, 7) is 4.04. The molecule has 0 radical (unpaired) electrons. The summed E-state index contributed by atoms with van der Waals surface area (Å²) in [6, 6.07) is 4.80. The van der Waals surface area contributed by atoms with Gasteiger partial charge in [0.25, 0.3) is 0 Å². The Morgan fingerprint density at radius 3 is 2.62 bits per heavy atom. The molecule has 0 spiro atoms. The van der Waals surface area contributed by atoms with E-state index in [1.165, 1.54) is 12.1 Å². The summed E-state index contributed by atoms with van der Waals surface area (Å²) in [5.41, 5.74) is 5.99. The summed E-state index contributed by atoms with van der Waals surface area (Å²) < 4.78 is 37.7. The van der Waals surface area contributed by atoms with Crippen LogP contribution in [0.3, 0.4) is 0 Å². The number of alkyl halides is 3. The second-order valence-corrected chi connectivity index (χ2v) is 6.32. The number of nitrogens with one attached hydrogen (secondary N) is 1. The first kappa shape index (κ1) is 18.7. The van der Waals surface area contributed by atoms with Crippen LogP contribution in [0.4, 0.5) is 13.2 Å². The molecule has 1 aromatic rings. The number of halogens is 3. The number of amides is 1. The molecule has 1 aliphatic heterocycles. The third-order valence-corrected chi connectivity index (χ3v) is 4.24. The second kappa shape index (κ2) is 7.98. The maximum absolute atomic E-state index is 12.6. The summed E-state index contributed by atoms with van der Waals surface area (Å²) in [6.07, 6.45) is -1.96. The first-order valence-electron chi connectivity index (χ1n) is 8.24. The van der Waals surface area contributed by atoms with Crippen LogP contribution in [0.15, 0.2) is 24.3 Å². The molecule has 134 valence electrons. The Hall–Kier alpha value is -1.60. The fourth-order valence-corrected chi connectivity index (χ4v) is 2.90. The number of carbonyl (C=O) groups is 1. The van der Waals surface area contributed by atoms with Crippen LogP contribution in [0.25, 0.3) is 0 Å². The molecule has 1 heterocycles. The fourth-order valence-electron chi connectivity index (χ4n) is 2.90. The van der Waals surface area contributed by atoms with Gasteiger partial charge in [0.1, 0.15) is 0 Å². The maximum atomic E-state index is 12.6. The van der Waals surface area contributed by atoms with E-state index in [0.717, 1.165) is 37.1 Å². The Bertz CT molecular complexity index is 545. The summed E-state index contributed by atoms with van der Waals surface area (Å²) >= 11 is 0. The Balaban J connectivity index is 1.82. The van der Waals surface area contributed by atoms with Crippen molar-refractivity contribution in [3.05, 3.63) is 35.4 Å². The molecule has 0 aromatic heterocycles. The van der Waals surface area contributed by atoms with Gasteiger partial charge in [-0.15, -0.1) is 0 Å². The molecule has 4 nitrogen and oxygen atoms in total. The first-order valence-corrected chi connectivity index (χ1v) is 8.24. The van der Waals surface area contributed by atoms with Crippen LogP contribution in [0.5, 0.6) is 0 Å². The summed E-state index contributed by atoms with van der Waals surface area (Å²) in [7, 11) is 0. The topological polar surface area (TPSA) is 58.4 Å². The molecule has 0 aliphatic carbocycles. The first-order chi connectivity index (χ1) is 11.3. The van der Waals surface area contributed by atoms with Gasteiger partial charge in [-0.2, -0.15) is 13.2 Å². The van der Waals surface area contributed by atoms with E-state index in [-0.39, 0.29) is 11.9 Å². The van der Waals surface area contributed by atoms with Crippen LogP contribution >= 0.6 is 0 Å². The van der Waals surface area contributed by atoms with Crippen LogP contribution in [0, 0.1) is 0 Å². The molecule has 1 aromatic carbocycles. The van der Waals surface area contributed by atoms with E-state index < -0.39 is 17.8 Å². The number of hydrogen-bond acceptors (Lipinski definition) is 3. The SMILES string of the molecule is CCCC(N)C(=O)NC1CCN(Cc2ccc(C(F)(F)F)cc2)C1. The summed E-state index contributed by atoms with van der Waals surface area (Å²) in [5, 5.41) is 2.95. The minimum atomic E-state index is -4.31. The highest BCUT2D eigenvalue weighted by Crippen LogP contribution is 2.29. The average molecular weight is 343 g/mol. The second-order valence-electron chi connectivity index (χ2n) is 6.32. The van der Waals surface area contributed by atoms with Gasteiger partial charge in [-0.1, -0.05) is 25.5 Å². The van der Waals surface area contributed by atoms with Crippen molar-refractivity contribution in [2.24, 2.45) is 5.73 Å². The van der Waals surface area contributed by atoms with Gasteiger partial charge in [0.05, 0.1) is 11.6 Å². The lowest BCUT2D eigenvalue weighted by Crippen LogP contribution is -2.46. The summed E-state index contributed by atoms with van der Waals surface area (Å²) in [5.74, 6) is -0.127. The van der Waals surface area contributed by atoms with Crippen molar-refractivity contribution >= 4 is 5.91 Å². The van der Waals surface area contributed by atoms with Crippen molar-refractivity contribution in [2.75, 3.05) is 13.1 Å². The van der Waals surface area contributed by atoms with Crippen molar-refractivity contribution in [3.63, 3.8) is 0 Å². The number of rotatable bonds is 6. The zero-order chi connectivity index (χ0) is 17.7. The minimum Gasteiger partial charge on any atom is -0.351 e. The van der Waals surface area contributed by atoms with Crippen LogP contribution in [0.2, 0.25) is 0 Å². The maximum Gasteiger partial charge on any atom is 0.416 e. The van der Waals surface area contributed by atoms with Gasteiger partial charge in [0.2, 0.25) is 5.91 Å². The number of carbonyl (C=O) groups excluding carboxylic acids is 1. The van der Waals surface area contributed by atoms with E-state index in [4.69, 9.17) is 5.73 Å². The predicted octanol–water partition coefficient (Wildman–Crippen LogP) is 2.52. The molecule has 1 amide bonds. The lowest BCUT2D eigenvalue weighted by molar-refractivity contribution is -0.137. The molecule has 1 saturated heterocycles. The third-order valence-electron chi connectivity index (χ3n) is 4.24. The van der Waals surface area contributed by atoms with E-state index in [0.29, 0.717) is 19.5 Å². The normalized spacial score (nSPS) is 20.1. The standard InChI is InChI=1S/C17H24F3N3O/c1-2-3-15(21)16(24)22-14-8-9-23(11-14)10-12-4-6-13(7-5-12)17(18,19)20/h4-7,14-15H,2-3,8-11,21H2,1H3,(H,22,24). The largest absolute Gasteiger partial charge is 0.416 e. The Labute approximate surface area is 140 Å². The molecule has 1 fully saturated rings. The van der Waals surface area contributed by atoms with Gasteiger partial charge in [-0.25, -0.2) is 0 Å². The van der Waals surface area contributed by atoms with Crippen molar-refractivity contribution in [1.82, 2.24) is 10.2 Å². The van der Waals surface area contributed by atoms with Crippen molar-refractivity contribution in [2.45, 2.75) is 51.0 Å². The molecular weight excluding hydrogens is 319 g/mol. The number of likely N-dealkylation sites (tertiary alicyclic amines) is 1. The zero-order valence-corrected chi connectivity index (χ0v) is 13.8. The van der Waals surface area contributed by atoms with Crippen molar-refractivity contribution < 1.29 is 18.0 Å². The number of nitrogens with zero attached hydrogens (tertiary/aromatic N) is 1. The van der Waals surface area contributed by atoms with E-state index in [1.807, 2.05) is 6.92 Å². The minimum absolute atomic E-state index is 0.0508. The molecule has 0 bridgehead atoms. The van der Waals surface area contributed by atoms with Crippen molar-refractivity contribution in [3.8, 4) is 0 Å². The number of benzene rings is 1. The van der Waals surface area contributed by atoms with Gasteiger partial charge in [0.15, 0.2) is 0 Å². The quantitative estimate of drug-likeness (QED) is 0.834. The molecule has 24 heavy (non-hydrogen) atoms. The van der Waals surface area contributed by atoms with Gasteiger partial charge in [0, 0.05) is 25.7 Å². The Kier molecular flexibility index (Phi) is 6.23. The molecule has 2 rings (SSSR count). The molecule has 2 atom stereocenters.